The molecule has 4 nitrogen and oxygen atoms in total. The van der Waals surface area contributed by atoms with Crippen molar-refractivity contribution in [3.8, 4) is 5.75 Å². The summed E-state index contributed by atoms with van der Waals surface area (Å²) in [6, 6.07) is 5.82. The van der Waals surface area contributed by atoms with Crippen LogP contribution in [0.5, 0.6) is 5.75 Å². The summed E-state index contributed by atoms with van der Waals surface area (Å²) < 4.78 is 5.58. The Hall–Kier alpha value is -0.810. The largest absolute Gasteiger partial charge is 0.492 e. The van der Waals surface area contributed by atoms with Gasteiger partial charge in [-0.25, -0.2) is 0 Å². The second-order valence-corrected chi connectivity index (χ2v) is 5.43. The van der Waals surface area contributed by atoms with Gasteiger partial charge in [0.15, 0.2) is 0 Å². The maximum atomic E-state index is 9.70. The predicted octanol–water partition coefficient (Wildman–Crippen LogP) is 2.07. The van der Waals surface area contributed by atoms with Gasteiger partial charge in [0.2, 0.25) is 0 Å². The van der Waals surface area contributed by atoms with Crippen molar-refractivity contribution < 1.29 is 9.84 Å². The molecule has 1 unspecified atom stereocenters. The molecular formula is C15H23ClN2O2. The van der Waals surface area contributed by atoms with E-state index in [2.05, 4.69) is 17.1 Å². The smallest absolute Gasteiger partial charge is 0.137 e. The molecule has 0 saturated carbocycles. The van der Waals surface area contributed by atoms with Crippen molar-refractivity contribution >= 4 is 11.6 Å². The average molecular weight is 299 g/mol. The Balaban J connectivity index is 2.11. The zero-order valence-corrected chi connectivity index (χ0v) is 12.7. The molecule has 20 heavy (non-hydrogen) atoms. The van der Waals surface area contributed by atoms with Crippen LogP contribution in [-0.2, 0) is 0 Å². The van der Waals surface area contributed by atoms with Crippen LogP contribution in [0, 0.1) is 0 Å². The Labute approximate surface area is 125 Å². The number of aliphatic hydroxyl groups is 1. The van der Waals surface area contributed by atoms with Crippen LogP contribution in [0.2, 0.25) is 5.02 Å². The van der Waals surface area contributed by atoms with Crippen LogP contribution in [-0.4, -0.2) is 49.4 Å². The summed E-state index contributed by atoms with van der Waals surface area (Å²) in [5, 5.41) is 13.6. The maximum absolute atomic E-state index is 9.70. The molecule has 0 bridgehead atoms. The van der Waals surface area contributed by atoms with E-state index in [-0.39, 0.29) is 12.6 Å². The third-order valence-corrected chi connectivity index (χ3v) is 3.86. The summed E-state index contributed by atoms with van der Waals surface area (Å²) in [7, 11) is 0. The molecule has 1 fully saturated rings. The van der Waals surface area contributed by atoms with Gasteiger partial charge in [0.25, 0.3) is 0 Å². The Morgan fingerprint density at radius 3 is 2.75 bits per heavy atom. The molecule has 0 aliphatic carbocycles. The molecule has 1 aromatic rings. The van der Waals surface area contributed by atoms with Crippen molar-refractivity contribution in [2.75, 3.05) is 39.4 Å². The van der Waals surface area contributed by atoms with Gasteiger partial charge in [-0.05, 0) is 24.1 Å². The number of piperazine rings is 1. The molecule has 2 rings (SSSR count). The lowest BCUT2D eigenvalue weighted by Gasteiger charge is -2.34. The zero-order valence-electron chi connectivity index (χ0n) is 11.9. The van der Waals surface area contributed by atoms with Crippen molar-refractivity contribution in [1.82, 2.24) is 10.2 Å². The zero-order chi connectivity index (χ0) is 14.4. The Morgan fingerprint density at radius 1 is 1.40 bits per heavy atom. The molecule has 2 N–H and O–H groups in total. The van der Waals surface area contributed by atoms with Gasteiger partial charge in [-0.3, -0.25) is 4.90 Å². The highest BCUT2D eigenvalue weighted by Crippen LogP contribution is 2.30. The van der Waals surface area contributed by atoms with Crippen LogP contribution in [0.25, 0.3) is 0 Å². The number of nitrogens with zero attached hydrogens (tertiary/aromatic N) is 1. The lowest BCUT2D eigenvalue weighted by atomic mass is 10.0. The monoisotopic (exact) mass is 298 g/mol. The van der Waals surface area contributed by atoms with Crippen LogP contribution in [0.15, 0.2) is 18.2 Å². The molecule has 1 aromatic carbocycles. The Bertz CT molecular complexity index is 422. The molecule has 0 aromatic heterocycles. The number of hydrogen-bond donors (Lipinski definition) is 2. The van der Waals surface area contributed by atoms with Gasteiger partial charge in [-0.1, -0.05) is 24.6 Å². The molecule has 0 radical (unpaired) electrons. The van der Waals surface area contributed by atoms with Gasteiger partial charge in [0.05, 0.1) is 24.3 Å². The molecule has 1 aliphatic rings. The summed E-state index contributed by atoms with van der Waals surface area (Å²) in [5.41, 5.74) is 1.04. The van der Waals surface area contributed by atoms with E-state index < -0.39 is 0 Å². The molecule has 1 saturated heterocycles. The van der Waals surface area contributed by atoms with E-state index in [1.54, 1.807) is 0 Å². The van der Waals surface area contributed by atoms with E-state index in [4.69, 9.17) is 16.3 Å². The van der Waals surface area contributed by atoms with Crippen LogP contribution in [0.4, 0.5) is 0 Å². The van der Waals surface area contributed by atoms with Crippen molar-refractivity contribution in [1.29, 1.82) is 0 Å². The first kappa shape index (κ1) is 15.6. The molecule has 1 aliphatic heterocycles. The minimum Gasteiger partial charge on any atom is -0.492 e. The number of ether oxygens (including phenoxy) is 1. The topological polar surface area (TPSA) is 44.7 Å². The molecule has 0 amide bonds. The SMILES string of the molecule is CCCOc1ccc(C(CO)N2CCNCC2)cc1Cl. The highest BCUT2D eigenvalue weighted by Gasteiger charge is 2.22. The quantitative estimate of drug-likeness (QED) is 0.844. The van der Waals surface area contributed by atoms with Gasteiger partial charge >= 0.3 is 0 Å². The van der Waals surface area contributed by atoms with Crippen LogP contribution in [0.1, 0.15) is 24.9 Å². The molecule has 0 spiro atoms. The summed E-state index contributed by atoms with van der Waals surface area (Å²) in [6.45, 7) is 6.64. The highest BCUT2D eigenvalue weighted by atomic mass is 35.5. The second kappa shape index (κ2) is 7.84. The van der Waals surface area contributed by atoms with Crippen LogP contribution < -0.4 is 10.1 Å². The summed E-state index contributed by atoms with van der Waals surface area (Å²) in [5.74, 6) is 0.717. The fourth-order valence-corrected chi connectivity index (χ4v) is 2.72. The predicted molar refractivity (Wildman–Crippen MR) is 81.5 cm³/mol. The summed E-state index contributed by atoms with van der Waals surface area (Å²) >= 11 is 6.27. The Morgan fingerprint density at radius 2 is 2.15 bits per heavy atom. The van der Waals surface area contributed by atoms with Crippen molar-refractivity contribution in [3.05, 3.63) is 28.8 Å². The fraction of sp³-hybridized carbons (Fsp3) is 0.600. The molecule has 112 valence electrons. The van der Waals surface area contributed by atoms with Gasteiger partial charge in [-0.15, -0.1) is 0 Å². The minimum absolute atomic E-state index is 0.00910. The number of nitrogens with one attached hydrogen (secondary N) is 1. The number of hydrogen-bond acceptors (Lipinski definition) is 4. The number of benzene rings is 1. The molecular weight excluding hydrogens is 276 g/mol. The molecule has 1 heterocycles. The van der Waals surface area contributed by atoms with Crippen molar-refractivity contribution in [2.24, 2.45) is 0 Å². The van der Waals surface area contributed by atoms with E-state index in [1.165, 1.54) is 0 Å². The summed E-state index contributed by atoms with van der Waals surface area (Å²) in [4.78, 5) is 2.29. The maximum Gasteiger partial charge on any atom is 0.137 e. The first-order valence-electron chi connectivity index (χ1n) is 7.24. The van der Waals surface area contributed by atoms with Gasteiger partial charge < -0.3 is 15.2 Å². The number of aliphatic hydroxyl groups excluding tert-OH is 1. The average Bonchev–Trinajstić information content (AvgIpc) is 2.48. The first-order valence-corrected chi connectivity index (χ1v) is 7.62. The van der Waals surface area contributed by atoms with E-state index in [0.717, 1.165) is 38.2 Å². The van der Waals surface area contributed by atoms with E-state index in [1.807, 2.05) is 18.2 Å². The van der Waals surface area contributed by atoms with Crippen molar-refractivity contribution in [3.63, 3.8) is 0 Å². The third-order valence-electron chi connectivity index (χ3n) is 3.57. The lowest BCUT2D eigenvalue weighted by molar-refractivity contribution is 0.111. The lowest BCUT2D eigenvalue weighted by Crippen LogP contribution is -2.46. The number of halogens is 1. The summed E-state index contributed by atoms with van der Waals surface area (Å²) in [6.07, 6.45) is 0.956. The Kier molecular flexibility index (Phi) is 6.10. The second-order valence-electron chi connectivity index (χ2n) is 5.02. The van der Waals surface area contributed by atoms with Crippen LogP contribution in [0.3, 0.4) is 0 Å². The number of rotatable bonds is 6. The minimum atomic E-state index is 0.00910. The van der Waals surface area contributed by atoms with Gasteiger partial charge in [0, 0.05) is 26.2 Å². The van der Waals surface area contributed by atoms with E-state index in [0.29, 0.717) is 17.4 Å². The van der Waals surface area contributed by atoms with Crippen molar-refractivity contribution in [2.45, 2.75) is 19.4 Å². The molecule has 1 atom stereocenters. The van der Waals surface area contributed by atoms with Gasteiger partial charge in [-0.2, -0.15) is 0 Å². The van der Waals surface area contributed by atoms with Crippen LogP contribution >= 0.6 is 11.6 Å². The van der Waals surface area contributed by atoms with E-state index in [9.17, 15) is 5.11 Å². The van der Waals surface area contributed by atoms with Gasteiger partial charge in [0.1, 0.15) is 5.75 Å². The van der Waals surface area contributed by atoms with E-state index >= 15 is 0 Å². The normalized spacial score (nSPS) is 17.9. The first-order chi connectivity index (χ1) is 9.76. The molecule has 5 heteroatoms. The highest BCUT2D eigenvalue weighted by molar-refractivity contribution is 6.32. The third kappa shape index (κ3) is 3.85. The standard InChI is InChI=1S/C15H23ClN2O2/c1-2-9-20-15-4-3-12(10-13(15)16)14(11-19)18-7-5-17-6-8-18/h3-4,10,14,17,19H,2,5-9,11H2,1H3. The fourth-order valence-electron chi connectivity index (χ4n) is 2.48.